The fourth-order valence-electron chi connectivity index (χ4n) is 1.72. The van der Waals surface area contributed by atoms with Gasteiger partial charge in [0.15, 0.2) is 0 Å². The Balaban J connectivity index is 3.63. The van der Waals surface area contributed by atoms with Crippen LogP contribution in [-0.2, 0) is 0 Å². The molecule has 2 unspecified atom stereocenters. The van der Waals surface area contributed by atoms with Crippen molar-refractivity contribution in [2.75, 3.05) is 0 Å². The zero-order chi connectivity index (χ0) is 11.7. The number of allylic oxidation sites excluding steroid dienone is 3. The van der Waals surface area contributed by atoms with Gasteiger partial charge in [-0.25, -0.2) is 0 Å². The second kappa shape index (κ2) is 8.76. The summed E-state index contributed by atoms with van der Waals surface area (Å²) in [7, 11) is 0. The maximum Gasteiger partial charge on any atom is -0.0345 e. The number of rotatable bonds is 8. The zero-order valence-electron chi connectivity index (χ0n) is 11.0. The van der Waals surface area contributed by atoms with Crippen LogP contribution in [0.5, 0.6) is 0 Å². The highest BCUT2D eigenvalue weighted by Crippen LogP contribution is 2.23. The molecule has 0 aromatic carbocycles. The minimum atomic E-state index is 0.846. The first kappa shape index (κ1) is 14.5. The topological polar surface area (TPSA) is 0 Å². The molecule has 0 N–H and O–H groups in total. The van der Waals surface area contributed by atoms with Crippen LogP contribution in [0.25, 0.3) is 0 Å². The SMILES string of the molecule is C=CC=CCCC(C)C(C)CCC(C)C. The highest BCUT2D eigenvalue weighted by molar-refractivity contribution is 4.97. The van der Waals surface area contributed by atoms with Crippen molar-refractivity contribution in [1.29, 1.82) is 0 Å². The van der Waals surface area contributed by atoms with Crippen LogP contribution in [0, 0.1) is 17.8 Å². The van der Waals surface area contributed by atoms with Gasteiger partial charge in [0.05, 0.1) is 0 Å². The van der Waals surface area contributed by atoms with E-state index in [1.807, 2.05) is 12.2 Å². The highest BCUT2D eigenvalue weighted by atomic mass is 14.2. The molecular formula is C15H28. The molecule has 0 aliphatic heterocycles. The predicted octanol–water partition coefficient (Wildman–Crippen LogP) is 5.22. The maximum absolute atomic E-state index is 3.67. The Kier molecular flexibility index (Phi) is 8.46. The van der Waals surface area contributed by atoms with Crippen molar-refractivity contribution in [1.82, 2.24) is 0 Å². The van der Waals surface area contributed by atoms with Crippen molar-refractivity contribution in [2.24, 2.45) is 17.8 Å². The monoisotopic (exact) mass is 208 g/mol. The van der Waals surface area contributed by atoms with E-state index in [-0.39, 0.29) is 0 Å². The minimum Gasteiger partial charge on any atom is -0.0991 e. The summed E-state index contributed by atoms with van der Waals surface area (Å²) in [6.45, 7) is 13.1. The highest BCUT2D eigenvalue weighted by Gasteiger charge is 2.11. The van der Waals surface area contributed by atoms with Crippen LogP contribution in [0.3, 0.4) is 0 Å². The lowest BCUT2D eigenvalue weighted by Crippen LogP contribution is -2.08. The molecule has 0 bridgehead atoms. The number of hydrogen-bond acceptors (Lipinski definition) is 0. The molecule has 0 radical (unpaired) electrons. The van der Waals surface area contributed by atoms with E-state index in [0.29, 0.717) is 0 Å². The summed E-state index contributed by atoms with van der Waals surface area (Å²) in [5.74, 6) is 2.56. The van der Waals surface area contributed by atoms with Crippen LogP contribution in [0.2, 0.25) is 0 Å². The van der Waals surface area contributed by atoms with Gasteiger partial charge in [0.2, 0.25) is 0 Å². The molecule has 0 fully saturated rings. The van der Waals surface area contributed by atoms with Crippen molar-refractivity contribution in [3.63, 3.8) is 0 Å². The van der Waals surface area contributed by atoms with Crippen LogP contribution in [0.1, 0.15) is 53.4 Å². The first-order chi connectivity index (χ1) is 7.07. The maximum atomic E-state index is 3.67. The largest absolute Gasteiger partial charge is 0.0991 e. The summed E-state index contributed by atoms with van der Waals surface area (Å²) in [6, 6.07) is 0. The molecule has 0 aromatic heterocycles. The molecule has 0 saturated heterocycles. The number of hydrogen-bond donors (Lipinski definition) is 0. The summed E-state index contributed by atoms with van der Waals surface area (Å²) in [5.41, 5.74) is 0. The van der Waals surface area contributed by atoms with Gasteiger partial charge in [0.25, 0.3) is 0 Å². The molecule has 2 atom stereocenters. The Hall–Kier alpha value is -0.520. The molecule has 0 spiro atoms. The Morgan fingerprint density at radius 3 is 2.07 bits per heavy atom. The summed E-state index contributed by atoms with van der Waals surface area (Å²) in [6.07, 6.45) is 11.4. The third-order valence-electron chi connectivity index (χ3n) is 3.23. The van der Waals surface area contributed by atoms with E-state index in [0.717, 1.165) is 17.8 Å². The summed E-state index contributed by atoms with van der Waals surface area (Å²) >= 11 is 0. The Morgan fingerprint density at radius 2 is 1.53 bits per heavy atom. The van der Waals surface area contributed by atoms with Crippen LogP contribution >= 0.6 is 0 Å². The van der Waals surface area contributed by atoms with Gasteiger partial charge in [-0.15, -0.1) is 0 Å². The van der Waals surface area contributed by atoms with E-state index >= 15 is 0 Å². The lowest BCUT2D eigenvalue weighted by atomic mass is 9.86. The molecule has 0 aliphatic rings. The summed E-state index contributed by atoms with van der Waals surface area (Å²) in [4.78, 5) is 0. The lowest BCUT2D eigenvalue weighted by molar-refractivity contribution is 0.323. The second-order valence-corrected chi connectivity index (χ2v) is 5.17. The summed E-state index contributed by atoms with van der Waals surface area (Å²) in [5, 5.41) is 0. The van der Waals surface area contributed by atoms with Gasteiger partial charge in [-0.1, -0.05) is 65.3 Å². The molecule has 0 heterocycles. The molecule has 0 heteroatoms. The Morgan fingerprint density at radius 1 is 0.933 bits per heavy atom. The van der Waals surface area contributed by atoms with Crippen molar-refractivity contribution >= 4 is 0 Å². The molecular weight excluding hydrogens is 180 g/mol. The third kappa shape index (κ3) is 8.47. The van der Waals surface area contributed by atoms with Gasteiger partial charge < -0.3 is 0 Å². The second-order valence-electron chi connectivity index (χ2n) is 5.17. The molecule has 15 heavy (non-hydrogen) atoms. The standard InChI is InChI=1S/C15H28/c1-6-7-8-9-10-14(4)15(5)12-11-13(2)3/h6-8,13-15H,1,9-12H2,2-5H3. The zero-order valence-corrected chi connectivity index (χ0v) is 11.0. The first-order valence-electron chi connectivity index (χ1n) is 6.35. The van der Waals surface area contributed by atoms with E-state index in [9.17, 15) is 0 Å². The van der Waals surface area contributed by atoms with Crippen LogP contribution in [-0.4, -0.2) is 0 Å². The van der Waals surface area contributed by atoms with E-state index in [4.69, 9.17) is 0 Å². The first-order valence-corrected chi connectivity index (χ1v) is 6.35. The fraction of sp³-hybridized carbons (Fsp3) is 0.733. The predicted molar refractivity (Wildman–Crippen MR) is 71.0 cm³/mol. The molecule has 0 saturated carbocycles. The van der Waals surface area contributed by atoms with E-state index in [1.165, 1.54) is 25.7 Å². The van der Waals surface area contributed by atoms with Gasteiger partial charge in [-0.3, -0.25) is 0 Å². The van der Waals surface area contributed by atoms with Crippen molar-refractivity contribution < 1.29 is 0 Å². The van der Waals surface area contributed by atoms with Gasteiger partial charge in [-0.2, -0.15) is 0 Å². The van der Waals surface area contributed by atoms with Crippen LogP contribution in [0.15, 0.2) is 24.8 Å². The molecule has 0 aliphatic carbocycles. The normalized spacial score (nSPS) is 15.8. The third-order valence-corrected chi connectivity index (χ3v) is 3.23. The quantitative estimate of drug-likeness (QED) is 0.480. The minimum absolute atomic E-state index is 0.846. The molecule has 0 amide bonds. The van der Waals surface area contributed by atoms with Crippen molar-refractivity contribution in [3.8, 4) is 0 Å². The van der Waals surface area contributed by atoms with Gasteiger partial charge in [0.1, 0.15) is 0 Å². The van der Waals surface area contributed by atoms with Crippen LogP contribution < -0.4 is 0 Å². The van der Waals surface area contributed by atoms with Crippen molar-refractivity contribution in [2.45, 2.75) is 53.4 Å². The van der Waals surface area contributed by atoms with Gasteiger partial charge in [-0.05, 0) is 30.6 Å². The fourth-order valence-corrected chi connectivity index (χ4v) is 1.72. The molecule has 0 rings (SSSR count). The Bertz CT molecular complexity index is 176. The smallest absolute Gasteiger partial charge is 0.0345 e. The van der Waals surface area contributed by atoms with Crippen molar-refractivity contribution in [3.05, 3.63) is 24.8 Å². The average molecular weight is 208 g/mol. The summed E-state index contributed by atoms with van der Waals surface area (Å²) < 4.78 is 0. The lowest BCUT2D eigenvalue weighted by Gasteiger charge is -2.20. The Labute approximate surface area is 96.5 Å². The molecule has 88 valence electrons. The van der Waals surface area contributed by atoms with Gasteiger partial charge in [0, 0.05) is 0 Å². The van der Waals surface area contributed by atoms with Gasteiger partial charge >= 0.3 is 0 Å². The van der Waals surface area contributed by atoms with E-state index in [1.54, 1.807) is 0 Å². The van der Waals surface area contributed by atoms with E-state index < -0.39 is 0 Å². The van der Waals surface area contributed by atoms with E-state index in [2.05, 4.69) is 40.3 Å². The molecule has 0 aromatic rings. The molecule has 0 nitrogen and oxygen atoms in total. The van der Waals surface area contributed by atoms with Crippen LogP contribution in [0.4, 0.5) is 0 Å². The average Bonchev–Trinajstić information content (AvgIpc) is 2.20.